The maximum absolute atomic E-state index is 13.0. The van der Waals surface area contributed by atoms with Gasteiger partial charge >= 0.3 is 0 Å². The number of nitrogens with two attached hydrogens (primary N) is 1. The number of fused-ring (bicyclic) bond motifs is 4. The van der Waals surface area contributed by atoms with Crippen molar-refractivity contribution in [2.45, 2.75) is 26.3 Å². The van der Waals surface area contributed by atoms with Crippen molar-refractivity contribution in [2.75, 3.05) is 5.73 Å². The molecule has 0 aliphatic carbocycles. The van der Waals surface area contributed by atoms with Gasteiger partial charge in [-0.25, -0.2) is 9.67 Å². The molecule has 2 aromatic carbocycles. The molecule has 2 aromatic heterocycles. The fourth-order valence-electron chi connectivity index (χ4n) is 3.78. The molecule has 0 atom stereocenters. The van der Waals surface area contributed by atoms with E-state index in [0.29, 0.717) is 34.1 Å². The average molecular weight is 392 g/mol. The average Bonchev–Trinajstić information content (AvgIpc) is 2.90. The second-order valence-corrected chi connectivity index (χ2v) is 7.47. The van der Waals surface area contributed by atoms with Crippen LogP contribution in [0.3, 0.4) is 0 Å². The third kappa shape index (κ3) is 2.45. The first-order valence-electron chi connectivity index (χ1n) is 9.18. The van der Waals surface area contributed by atoms with E-state index in [4.69, 9.17) is 27.4 Å². The molecule has 0 saturated heterocycles. The van der Waals surface area contributed by atoms with Crippen LogP contribution in [0.15, 0.2) is 47.3 Å². The highest BCUT2D eigenvalue weighted by molar-refractivity contribution is 6.31. The van der Waals surface area contributed by atoms with Gasteiger partial charge in [0, 0.05) is 11.6 Å². The summed E-state index contributed by atoms with van der Waals surface area (Å²) in [4.78, 5) is 17.8. The molecule has 7 heteroatoms. The lowest BCUT2D eigenvalue weighted by molar-refractivity contribution is 0.629. The number of aryl methyl sites for hydroxylation is 2. The summed E-state index contributed by atoms with van der Waals surface area (Å²) < 4.78 is 3.41. The number of hydrogen-bond donors (Lipinski definition) is 1. The van der Waals surface area contributed by atoms with Gasteiger partial charge in [0.25, 0.3) is 5.56 Å². The van der Waals surface area contributed by atoms with E-state index in [1.54, 1.807) is 9.25 Å². The van der Waals surface area contributed by atoms with E-state index in [1.807, 2.05) is 49.4 Å². The van der Waals surface area contributed by atoms with Crippen molar-refractivity contribution in [3.05, 3.63) is 69.1 Å². The highest BCUT2D eigenvalue weighted by atomic mass is 35.5. The smallest absolute Gasteiger partial charge is 0.261 e. The lowest BCUT2D eigenvalue weighted by Gasteiger charge is -2.12. The van der Waals surface area contributed by atoms with E-state index >= 15 is 0 Å². The number of nitrogens with zero attached hydrogens (tertiary/aromatic N) is 4. The standard InChI is InChI=1S/C21H18ClN5O/c1-12-8-9-13(11-15(12)22)27-19(23)18-17(25-27)7-4-10-26-20(18)24-16-6-3-2-5-14(16)21(26)28/h2-3,5-6,8-9,11H,4,7,10,23H2,1H3. The molecule has 0 bridgehead atoms. The monoisotopic (exact) mass is 391 g/mol. The molecule has 140 valence electrons. The Hall–Kier alpha value is -3.12. The molecule has 4 aromatic rings. The molecule has 6 nitrogen and oxygen atoms in total. The topological polar surface area (TPSA) is 78.7 Å². The molecule has 0 fully saturated rings. The Morgan fingerprint density at radius 1 is 1.18 bits per heavy atom. The summed E-state index contributed by atoms with van der Waals surface area (Å²) in [6, 6.07) is 13.1. The summed E-state index contributed by atoms with van der Waals surface area (Å²) in [5.41, 5.74) is 10.5. The van der Waals surface area contributed by atoms with Gasteiger partial charge in [-0.3, -0.25) is 9.36 Å². The summed E-state index contributed by atoms with van der Waals surface area (Å²) >= 11 is 6.30. The zero-order valence-electron chi connectivity index (χ0n) is 15.3. The second kappa shape index (κ2) is 6.21. The fourth-order valence-corrected chi connectivity index (χ4v) is 3.95. The number of hydrogen-bond acceptors (Lipinski definition) is 4. The van der Waals surface area contributed by atoms with Gasteiger partial charge in [0.2, 0.25) is 0 Å². The van der Waals surface area contributed by atoms with E-state index in [-0.39, 0.29) is 5.56 Å². The zero-order chi connectivity index (χ0) is 19.4. The van der Waals surface area contributed by atoms with E-state index in [2.05, 4.69) is 0 Å². The van der Waals surface area contributed by atoms with Gasteiger partial charge in [0.05, 0.1) is 27.8 Å². The second-order valence-electron chi connectivity index (χ2n) is 7.07. The van der Waals surface area contributed by atoms with E-state index in [1.165, 1.54) is 0 Å². The summed E-state index contributed by atoms with van der Waals surface area (Å²) in [6.45, 7) is 2.55. The first kappa shape index (κ1) is 17.0. The van der Waals surface area contributed by atoms with Gasteiger partial charge in [-0.05, 0) is 49.6 Å². The molecule has 0 radical (unpaired) electrons. The number of halogens is 1. The largest absolute Gasteiger partial charge is 0.383 e. The predicted molar refractivity (Wildman–Crippen MR) is 111 cm³/mol. The van der Waals surface area contributed by atoms with Crippen molar-refractivity contribution in [1.82, 2.24) is 19.3 Å². The molecular weight excluding hydrogens is 374 g/mol. The Kier molecular flexibility index (Phi) is 3.77. The molecule has 0 amide bonds. The molecule has 0 saturated carbocycles. The molecule has 0 unspecified atom stereocenters. The van der Waals surface area contributed by atoms with Crippen LogP contribution in [0.2, 0.25) is 5.02 Å². The first-order chi connectivity index (χ1) is 13.5. The normalized spacial score (nSPS) is 13.2. The minimum Gasteiger partial charge on any atom is -0.383 e. The zero-order valence-corrected chi connectivity index (χ0v) is 16.1. The van der Waals surface area contributed by atoms with Gasteiger partial charge in [-0.2, -0.15) is 5.10 Å². The molecule has 3 heterocycles. The Morgan fingerprint density at radius 2 is 2.00 bits per heavy atom. The van der Waals surface area contributed by atoms with Crippen LogP contribution in [0.1, 0.15) is 17.7 Å². The van der Waals surface area contributed by atoms with Crippen LogP contribution in [0.5, 0.6) is 0 Å². The van der Waals surface area contributed by atoms with Crippen LogP contribution >= 0.6 is 11.6 Å². The van der Waals surface area contributed by atoms with Crippen LogP contribution in [0, 0.1) is 6.92 Å². The Bertz CT molecular complexity index is 1300. The Balaban J connectivity index is 1.79. The minimum atomic E-state index is -0.0426. The molecule has 28 heavy (non-hydrogen) atoms. The van der Waals surface area contributed by atoms with Crippen molar-refractivity contribution in [2.24, 2.45) is 0 Å². The quantitative estimate of drug-likeness (QED) is 0.536. The molecule has 1 aliphatic rings. The number of benzene rings is 2. The van der Waals surface area contributed by atoms with E-state index in [0.717, 1.165) is 35.3 Å². The van der Waals surface area contributed by atoms with Crippen LogP contribution in [-0.4, -0.2) is 19.3 Å². The number of rotatable bonds is 1. The number of para-hydroxylation sites is 1. The molecule has 5 rings (SSSR count). The summed E-state index contributed by atoms with van der Waals surface area (Å²) in [7, 11) is 0. The lowest BCUT2D eigenvalue weighted by Crippen LogP contribution is -2.23. The van der Waals surface area contributed by atoms with Crippen molar-refractivity contribution in [3.8, 4) is 17.1 Å². The molecule has 2 N–H and O–H groups in total. The predicted octanol–water partition coefficient (Wildman–Crippen LogP) is 3.74. The van der Waals surface area contributed by atoms with Gasteiger partial charge in [0.1, 0.15) is 11.6 Å². The van der Waals surface area contributed by atoms with Crippen molar-refractivity contribution < 1.29 is 0 Å². The van der Waals surface area contributed by atoms with E-state index < -0.39 is 0 Å². The minimum absolute atomic E-state index is 0.0426. The molecule has 0 spiro atoms. The van der Waals surface area contributed by atoms with Gasteiger partial charge in [-0.1, -0.05) is 29.8 Å². The number of nitrogen functional groups attached to an aromatic ring is 1. The van der Waals surface area contributed by atoms with Crippen LogP contribution in [-0.2, 0) is 13.0 Å². The van der Waals surface area contributed by atoms with Crippen LogP contribution < -0.4 is 11.3 Å². The maximum atomic E-state index is 13.0. The van der Waals surface area contributed by atoms with Crippen LogP contribution in [0.4, 0.5) is 5.82 Å². The van der Waals surface area contributed by atoms with Crippen molar-refractivity contribution in [3.63, 3.8) is 0 Å². The highest BCUT2D eigenvalue weighted by Crippen LogP contribution is 2.34. The summed E-state index contributed by atoms with van der Waals surface area (Å²) in [6.07, 6.45) is 1.52. The van der Waals surface area contributed by atoms with Gasteiger partial charge in [0.15, 0.2) is 0 Å². The summed E-state index contributed by atoms with van der Waals surface area (Å²) in [5.74, 6) is 1.05. The third-order valence-corrected chi connectivity index (χ3v) is 5.68. The fraction of sp³-hybridized carbons (Fsp3) is 0.190. The SMILES string of the molecule is Cc1ccc(-n2nc3c(c2N)-c2nc4ccccc4c(=O)n2CCC3)cc1Cl. The molecular formula is C21H18ClN5O. The number of aromatic nitrogens is 4. The highest BCUT2D eigenvalue weighted by Gasteiger charge is 2.26. The third-order valence-electron chi connectivity index (χ3n) is 5.27. The van der Waals surface area contributed by atoms with Gasteiger partial charge in [-0.15, -0.1) is 0 Å². The van der Waals surface area contributed by atoms with Gasteiger partial charge < -0.3 is 5.73 Å². The van der Waals surface area contributed by atoms with Crippen molar-refractivity contribution in [1.29, 1.82) is 0 Å². The number of anilines is 1. The first-order valence-corrected chi connectivity index (χ1v) is 9.56. The molecule has 1 aliphatic heterocycles. The Morgan fingerprint density at radius 3 is 2.82 bits per heavy atom. The Labute approximate surface area is 166 Å². The maximum Gasteiger partial charge on any atom is 0.261 e. The van der Waals surface area contributed by atoms with E-state index in [9.17, 15) is 4.79 Å². The summed E-state index contributed by atoms with van der Waals surface area (Å²) in [5, 5.41) is 6.01. The van der Waals surface area contributed by atoms with Crippen molar-refractivity contribution >= 4 is 28.3 Å². The lowest BCUT2D eigenvalue weighted by atomic mass is 10.1. The van der Waals surface area contributed by atoms with Crippen LogP contribution in [0.25, 0.3) is 28.0 Å².